The van der Waals surface area contributed by atoms with E-state index in [2.05, 4.69) is 90.6 Å². The van der Waals surface area contributed by atoms with E-state index in [-0.39, 0.29) is 33.2 Å². The topological polar surface area (TPSA) is 56.9 Å². The maximum Gasteiger partial charge on any atom is 0.263 e. The van der Waals surface area contributed by atoms with Gasteiger partial charge in [0.05, 0.1) is 11.2 Å². The molecule has 0 saturated heterocycles. The van der Waals surface area contributed by atoms with Crippen LogP contribution in [0.2, 0.25) is 0 Å². The van der Waals surface area contributed by atoms with Crippen molar-refractivity contribution in [1.82, 2.24) is 14.1 Å². The molecule has 10 heteroatoms. The van der Waals surface area contributed by atoms with Gasteiger partial charge in [-0.1, -0.05) is 87.0 Å². The summed E-state index contributed by atoms with van der Waals surface area (Å²) in [6, 6.07) is 57.3. The quantitative estimate of drug-likeness (QED) is 0.126. The van der Waals surface area contributed by atoms with Crippen LogP contribution < -0.4 is 40.4 Å². The summed E-state index contributed by atoms with van der Waals surface area (Å²) < 4.78 is 50.2. The summed E-state index contributed by atoms with van der Waals surface area (Å²) >= 11 is 0. The first-order chi connectivity index (χ1) is 32.5. The van der Waals surface area contributed by atoms with Gasteiger partial charge in [-0.3, -0.25) is 4.57 Å². The Balaban J connectivity index is 0.00000480. The van der Waals surface area contributed by atoms with Crippen LogP contribution in [0.1, 0.15) is 30.4 Å². The van der Waals surface area contributed by atoms with Crippen molar-refractivity contribution in [2.75, 3.05) is 16.8 Å². The maximum absolute atomic E-state index is 8.70. The van der Waals surface area contributed by atoms with Gasteiger partial charge in [-0.25, -0.2) is 4.98 Å². The summed E-state index contributed by atoms with van der Waals surface area (Å²) in [7, 11) is 0. The van der Waals surface area contributed by atoms with E-state index >= 15 is 0 Å². The largest absolute Gasteiger partial charge is 0.509 e. The summed E-state index contributed by atoms with van der Waals surface area (Å²) in [5.41, 5.74) is 9.55. The molecule has 3 aliphatic rings. The molecule has 8 nitrogen and oxygen atoms in total. The molecule has 0 aliphatic carbocycles. The van der Waals surface area contributed by atoms with Gasteiger partial charge in [0.25, 0.3) is 6.71 Å². The molecule has 6 heterocycles. The monoisotopic (exact) mass is 1030 g/mol. The van der Waals surface area contributed by atoms with Crippen LogP contribution in [0.3, 0.4) is 0 Å². The van der Waals surface area contributed by atoms with Crippen molar-refractivity contribution in [2.24, 2.45) is 0 Å². The van der Waals surface area contributed by atoms with Gasteiger partial charge in [0.2, 0.25) is 5.88 Å². The van der Waals surface area contributed by atoms with Crippen LogP contribution in [-0.4, -0.2) is 27.8 Å². The Kier molecular flexibility index (Phi) is 8.16. The van der Waals surface area contributed by atoms with Crippen LogP contribution in [0.15, 0.2) is 158 Å². The SMILES string of the molecule is [2H]C([2H])([2H])N1[CH-]N(c2[c-]c(Oc3[c-]c4c(cc3)c3ccccc3n4-c3cc(C(C)(C)C)ccn3)ccc2)c2ccc(-n3c4c(c5ccccc53)B3c5ccccc5Oc5cccc(c53)O4)cc21.[Pt]. The molecular formula is C55H39BN5O3Pt-3. The van der Waals surface area contributed by atoms with E-state index in [9.17, 15) is 0 Å². The van der Waals surface area contributed by atoms with Crippen molar-refractivity contribution in [3.63, 3.8) is 0 Å². The van der Waals surface area contributed by atoms with Crippen LogP contribution in [0.5, 0.6) is 34.6 Å². The van der Waals surface area contributed by atoms with Gasteiger partial charge in [-0.15, -0.1) is 41.4 Å². The molecule has 10 aromatic rings. The molecule has 0 unspecified atom stereocenters. The Hall–Kier alpha value is -7.22. The number of pyridine rings is 1. The normalized spacial score (nSPS) is 14.4. The van der Waals surface area contributed by atoms with Gasteiger partial charge in [-0.2, -0.15) is 18.8 Å². The molecular weight excluding hydrogens is 985 g/mol. The molecule has 13 rings (SSSR count). The smallest absolute Gasteiger partial charge is 0.263 e. The number of benzene rings is 7. The van der Waals surface area contributed by atoms with Gasteiger partial charge in [0.15, 0.2) is 0 Å². The Morgan fingerprint density at radius 3 is 2.25 bits per heavy atom. The predicted molar refractivity (Wildman–Crippen MR) is 257 cm³/mol. The number of para-hydroxylation sites is 3. The second-order valence-electron chi connectivity index (χ2n) is 17.5. The van der Waals surface area contributed by atoms with Gasteiger partial charge < -0.3 is 28.6 Å². The number of nitrogens with zero attached hydrogens (tertiary/aromatic N) is 5. The minimum atomic E-state index is -2.50. The first kappa shape index (κ1) is 36.2. The molecule has 0 atom stereocenters. The Bertz CT molecular complexity index is 3690. The van der Waals surface area contributed by atoms with Crippen LogP contribution in [-0.2, 0) is 26.5 Å². The molecule has 0 saturated carbocycles. The Labute approximate surface area is 395 Å². The summed E-state index contributed by atoms with van der Waals surface area (Å²) in [5, 5.41) is 3.16. The second kappa shape index (κ2) is 14.7. The van der Waals surface area contributed by atoms with Crippen LogP contribution in [0.4, 0.5) is 17.1 Å². The molecule has 3 aromatic heterocycles. The standard InChI is InChI=1S/C55H39BN5O3.Pt/c1-55(2,3)34-27-28-57-51(29-34)61-43-18-8-5-15-39(43)40-25-24-38(32-46(40)61)62-37-14-11-13-35(30-37)59-33-58(4)47-31-36(23-26-45(47)59)60-44-19-9-6-16-41(44)52-54(60)64-50-22-12-21-49-53(50)56(52)42-17-7-10-20-48(42)63-49;/h5-29,31,33H,1-4H3;/q-3;/i4D3;. The van der Waals surface area contributed by atoms with Crippen LogP contribution in [0, 0.1) is 18.8 Å². The zero-order valence-electron chi connectivity index (χ0n) is 38.4. The number of aromatic nitrogens is 3. The average Bonchev–Trinajstić information content (AvgIpc) is 3.99. The first-order valence-electron chi connectivity index (χ1n) is 22.9. The van der Waals surface area contributed by atoms with Crippen molar-refractivity contribution >= 4 is 72.9 Å². The van der Waals surface area contributed by atoms with E-state index in [0.29, 0.717) is 34.4 Å². The zero-order valence-corrected chi connectivity index (χ0v) is 37.7. The van der Waals surface area contributed by atoms with Crippen LogP contribution in [0.25, 0.3) is 44.2 Å². The molecule has 0 bridgehead atoms. The van der Waals surface area contributed by atoms with Gasteiger partial charge in [-0.05, 0) is 94.9 Å². The number of ether oxygens (including phenoxy) is 3. The summed E-state index contributed by atoms with van der Waals surface area (Å²) in [6.07, 6.45) is 1.86. The summed E-state index contributed by atoms with van der Waals surface area (Å²) in [4.78, 5) is 8.00. The molecule has 0 fully saturated rings. The molecule has 0 N–H and O–H groups in total. The van der Waals surface area contributed by atoms with Crippen molar-refractivity contribution in [1.29, 1.82) is 0 Å². The van der Waals surface area contributed by atoms with Crippen molar-refractivity contribution in [2.45, 2.75) is 26.2 Å². The van der Waals surface area contributed by atoms with Gasteiger partial charge in [0, 0.05) is 70.7 Å². The van der Waals surface area contributed by atoms with Crippen molar-refractivity contribution in [3.05, 3.63) is 182 Å². The number of fused-ring (bicyclic) bond motifs is 10. The van der Waals surface area contributed by atoms with E-state index in [0.717, 1.165) is 77.9 Å². The average molecular weight is 1030 g/mol. The van der Waals surface area contributed by atoms with E-state index in [1.165, 1.54) is 10.5 Å². The zero-order chi connectivity index (χ0) is 45.3. The fourth-order valence-corrected chi connectivity index (χ4v) is 9.77. The van der Waals surface area contributed by atoms with Gasteiger partial charge in [0.1, 0.15) is 23.1 Å². The molecule has 0 amide bonds. The Morgan fingerprint density at radius 1 is 0.662 bits per heavy atom. The number of hydrogen-bond donors (Lipinski definition) is 0. The Morgan fingerprint density at radius 2 is 1.40 bits per heavy atom. The molecule has 318 valence electrons. The van der Waals surface area contributed by atoms with Crippen LogP contribution >= 0.6 is 0 Å². The summed E-state index contributed by atoms with van der Waals surface area (Å²) in [5.74, 6) is 4.74. The number of rotatable bonds is 5. The second-order valence-corrected chi connectivity index (χ2v) is 17.5. The van der Waals surface area contributed by atoms with Crippen molar-refractivity contribution < 1.29 is 39.4 Å². The molecule has 3 aliphatic heterocycles. The van der Waals surface area contributed by atoms with Crippen molar-refractivity contribution in [3.8, 4) is 46.1 Å². The third kappa shape index (κ3) is 6.05. The molecule has 0 radical (unpaired) electrons. The number of hydrogen-bond acceptors (Lipinski definition) is 6. The fraction of sp³-hybridized carbons (Fsp3) is 0.0909. The summed E-state index contributed by atoms with van der Waals surface area (Å²) in [6.45, 7) is 5.56. The van der Waals surface area contributed by atoms with E-state index in [4.69, 9.17) is 23.3 Å². The van der Waals surface area contributed by atoms with E-state index in [1.54, 1.807) is 6.67 Å². The van der Waals surface area contributed by atoms with E-state index in [1.807, 2.05) is 114 Å². The third-order valence-corrected chi connectivity index (χ3v) is 12.7. The minimum absolute atomic E-state index is 0. The third-order valence-electron chi connectivity index (χ3n) is 12.7. The predicted octanol–water partition coefficient (Wildman–Crippen LogP) is 11.2. The minimum Gasteiger partial charge on any atom is -0.509 e. The number of anilines is 3. The van der Waals surface area contributed by atoms with Gasteiger partial charge >= 0.3 is 0 Å². The van der Waals surface area contributed by atoms with E-state index < -0.39 is 6.98 Å². The molecule has 0 spiro atoms. The maximum atomic E-state index is 8.70. The fourth-order valence-electron chi connectivity index (χ4n) is 9.77. The first-order valence-corrected chi connectivity index (χ1v) is 21.4. The molecule has 7 aromatic carbocycles. The molecule has 65 heavy (non-hydrogen) atoms.